The molecule has 0 saturated heterocycles. The number of hydrogen-bond donors (Lipinski definition) is 1. The van der Waals surface area contributed by atoms with Crippen LogP contribution in [-0.2, 0) is 0 Å². The van der Waals surface area contributed by atoms with Crippen molar-refractivity contribution in [2.75, 3.05) is 5.32 Å². The van der Waals surface area contributed by atoms with Gasteiger partial charge in [-0.05, 0) is 46.3 Å². The highest BCUT2D eigenvalue weighted by Gasteiger charge is 2.11. The Bertz CT molecular complexity index is 646. The van der Waals surface area contributed by atoms with E-state index in [9.17, 15) is 18.0 Å². The lowest BCUT2D eigenvalue weighted by atomic mass is 10.2. The first-order chi connectivity index (χ1) is 8.97. The van der Waals surface area contributed by atoms with E-state index in [1.54, 1.807) is 0 Å². The molecule has 2 aromatic carbocycles. The molecule has 0 bridgehead atoms. The van der Waals surface area contributed by atoms with Gasteiger partial charge in [0.25, 0.3) is 5.91 Å². The monoisotopic (exact) mass is 329 g/mol. The minimum atomic E-state index is -0.880. The maximum Gasteiger partial charge on any atom is 0.255 e. The number of halogens is 4. The molecule has 6 heteroatoms. The van der Waals surface area contributed by atoms with Crippen molar-refractivity contribution in [2.24, 2.45) is 0 Å². The smallest absolute Gasteiger partial charge is 0.255 e. The molecule has 0 radical (unpaired) electrons. The van der Waals surface area contributed by atoms with Crippen molar-refractivity contribution in [1.29, 1.82) is 0 Å². The van der Waals surface area contributed by atoms with Gasteiger partial charge in [-0.2, -0.15) is 0 Å². The first-order valence-electron chi connectivity index (χ1n) is 5.19. The Morgan fingerprint density at radius 1 is 1.00 bits per heavy atom. The average Bonchev–Trinajstić information content (AvgIpc) is 2.36. The summed E-state index contributed by atoms with van der Waals surface area (Å²) in [6, 6.07) is 6.44. The molecule has 2 rings (SSSR count). The van der Waals surface area contributed by atoms with E-state index in [0.29, 0.717) is 6.07 Å². The van der Waals surface area contributed by atoms with Gasteiger partial charge in [0.05, 0.1) is 10.2 Å². The third-order valence-corrected chi connectivity index (χ3v) is 2.97. The second-order valence-corrected chi connectivity index (χ2v) is 4.56. The van der Waals surface area contributed by atoms with Crippen molar-refractivity contribution >= 4 is 27.5 Å². The SMILES string of the molecule is O=C(Nc1ccc(F)cc1F)c1ccc(F)c(Br)c1. The lowest BCUT2D eigenvalue weighted by Gasteiger charge is -2.07. The molecule has 98 valence electrons. The van der Waals surface area contributed by atoms with Crippen LogP contribution in [0.1, 0.15) is 10.4 Å². The molecule has 0 fully saturated rings. The number of rotatable bonds is 2. The van der Waals surface area contributed by atoms with Crippen LogP contribution in [0.4, 0.5) is 18.9 Å². The molecule has 0 aliphatic heterocycles. The van der Waals surface area contributed by atoms with Crippen molar-refractivity contribution in [2.45, 2.75) is 0 Å². The van der Waals surface area contributed by atoms with Crippen LogP contribution in [0.2, 0.25) is 0 Å². The van der Waals surface area contributed by atoms with Gasteiger partial charge >= 0.3 is 0 Å². The zero-order chi connectivity index (χ0) is 14.0. The van der Waals surface area contributed by atoms with Crippen molar-refractivity contribution in [3.05, 3.63) is 63.9 Å². The van der Waals surface area contributed by atoms with E-state index in [1.165, 1.54) is 12.1 Å². The first-order valence-corrected chi connectivity index (χ1v) is 5.98. The summed E-state index contributed by atoms with van der Waals surface area (Å²) in [5.74, 6) is -2.75. The summed E-state index contributed by atoms with van der Waals surface area (Å²) >= 11 is 2.95. The normalized spacial score (nSPS) is 10.3. The topological polar surface area (TPSA) is 29.1 Å². The third-order valence-electron chi connectivity index (χ3n) is 2.36. The molecule has 0 unspecified atom stereocenters. The van der Waals surface area contributed by atoms with Gasteiger partial charge in [-0.1, -0.05) is 0 Å². The first kappa shape index (κ1) is 13.6. The Morgan fingerprint density at radius 3 is 2.37 bits per heavy atom. The molecule has 0 heterocycles. The molecule has 19 heavy (non-hydrogen) atoms. The van der Waals surface area contributed by atoms with E-state index in [-0.39, 0.29) is 15.7 Å². The third kappa shape index (κ3) is 3.14. The summed E-state index contributed by atoms with van der Waals surface area (Å²) in [5.41, 5.74) is 0.00356. The standard InChI is InChI=1S/C13H7BrF3NO/c14-9-5-7(1-3-10(9)16)13(19)18-12-4-2-8(15)6-11(12)17/h1-6H,(H,18,19). The van der Waals surface area contributed by atoms with Crippen LogP contribution >= 0.6 is 15.9 Å². The second-order valence-electron chi connectivity index (χ2n) is 3.71. The fourth-order valence-electron chi connectivity index (χ4n) is 1.42. The van der Waals surface area contributed by atoms with E-state index in [0.717, 1.165) is 18.2 Å². The maximum atomic E-state index is 13.3. The molecule has 0 aromatic heterocycles. The van der Waals surface area contributed by atoms with Gasteiger partial charge in [-0.25, -0.2) is 13.2 Å². The minimum Gasteiger partial charge on any atom is -0.319 e. The Balaban J connectivity index is 2.23. The van der Waals surface area contributed by atoms with E-state index in [4.69, 9.17) is 0 Å². The molecule has 2 nitrogen and oxygen atoms in total. The van der Waals surface area contributed by atoms with E-state index in [2.05, 4.69) is 21.2 Å². The average molecular weight is 330 g/mol. The summed E-state index contributed by atoms with van der Waals surface area (Å²) in [6.07, 6.45) is 0. The van der Waals surface area contributed by atoms with Crippen LogP contribution in [0.25, 0.3) is 0 Å². The van der Waals surface area contributed by atoms with Gasteiger partial charge in [0.1, 0.15) is 17.5 Å². The summed E-state index contributed by atoms with van der Waals surface area (Å²) < 4.78 is 39.2. The van der Waals surface area contributed by atoms with Gasteiger partial charge in [0.15, 0.2) is 0 Å². The van der Waals surface area contributed by atoms with Crippen LogP contribution < -0.4 is 5.32 Å². The number of anilines is 1. The Kier molecular flexibility index (Phi) is 3.90. The predicted molar refractivity (Wildman–Crippen MR) is 68.4 cm³/mol. The minimum absolute atomic E-state index is 0.125. The van der Waals surface area contributed by atoms with Crippen LogP contribution in [0.5, 0.6) is 0 Å². The number of benzene rings is 2. The molecular weight excluding hydrogens is 323 g/mol. The molecule has 0 aliphatic rings. The summed E-state index contributed by atoms with van der Waals surface area (Å²) in [4.78, 5) is 11.8. The second kappa shape index (κ2) is 5.44. The molecule has 0 atom stereocenters. The fourth-order valence-corrected chi connectivity index (χ4v) is 1.80. The Morgan fingerprint density at radius 2 is 1.74 bits per heavy atom. The van der Waals surface area contributed by atoms with E-state index < -0.39 is 23.4 Å². The number of nitrogens with one attached hydrogen (secondary N) is 1. The van der Waals surface area contributed by atoms with Crippen LogP contribution in [0.15, 0.2) is 40.9 Å². The molecule has 0 spiro atoms. The van der Waals surface area contributed by atoms with Gasteiger partial charge in [-0.3, -0.25) is 4.79 Å². The van der Waals surface area contributed by atoms with Crippen molar-refractivity contribution in [3.63, 3.8) is 0 Å². The molecule has 2 aromatic rings. The Labute approximate surface area is 115 Å². The highest BCUT2D eigenvalue weighted by atomic mass is 79.9. The zero-order valence-corrected chi connectivity index (χ0v) is 11.0. The highest BCUT2D eigenvalue weighted by Crippen LogP contribution is 2.19. The van der Waals surface area contributed by atoms with Gasteiger partial charge < -0.3 is 5.32 Å². The summed E-state index contributed by atoms with van der Waals surface area (Å²) in [6.45, 7) is 0. The predicted octanol–water partition coefficient (Wildman–Crippen LogP) is 4.12. The van der Waals surface area contributed by atoms with Gasteiger partial charge in [-0.15, -0.1) is 0 Å². The highest BCUT2D eigenvalue weighted by molar-refractivity contribution is 9.10. The largest absolute Gasteiger partial charge is 0.319 e. The number of carbonyl (C=O) groups is 1. The van der Waals surface area contributed by atoms with Crippen LogP contribution in [0.3, 0.4) is 0 Å². The van der Waals surface area contributed by atoms with E-state index in [1.807, 2.05) is 0 Å². The lowest BCUT2D eigenvalue weighted by Crippen LogP contribution is -2.13. The fraction of sp³-hybridized carbons (Fsp3) is 0. The van der Waals surface area contributed by atoms with Gasteiger partial charge in [0.2, 0.25) is 0 Å². The van der Waals surface area contributed by atoms with Crippen LogP contribution in [0, 0.1) is 17.5 Å². The number of carbonyl (C=O) groups excluding carboxylic acids is 1. The molecular formula is C13H7BrF3NO. The number of amides is 1. The van der Waals surface area contributed by atoms with Crippen molar-refractivity contribution in [3.8, 4) is 0 Å². The quantitative estimate of drug-likeness (QED) is 0.882. The molecule has 1 amide bonds. The molecule has 0 saturated carbocycles. The van der Waals surface area contributed by atoms with Gasteiger partial charge in [0, 0.05) is 11.6 Å². The number of hydrogen-bond acceptors (Lipinski definition) is 1. The maximum absolute atomic E-state index is 13.3. The molecule has 1 N–H and O–H groups in total. The zero-order valence-electron chi connectivity index (χ0n) is 9.38. The van der Waals surface area contributed by atoms with Crippen molar-refractivity contribution < 1.29 is 18.0 Å². The van der Waals surface area contributed by atoms with Crippen molar-refractivity contribution in [1.82, 2.24) is 0 Å². The van der Waals surface area contributed by atoms with E-state index >= 15 is 0 Å². The summed E-state index contributed by atoms with van der Waals surface area (Å²) in [5, 5.41) is 2.28. The lowest BCUT2D eigenvalue weighted by molar-refractivity contribution is 0.102. The Hall–Kier alpha value is -1.82. The molecule has 0 aliphatic carbocycles. The van der Waals surface area contributed by atoms with Crippen LogP contribution in [-0.4, -0.2) is 5.91 Å². The summed E-state index contributed by atoms with van der Waals surface area (Å²) in [7, 11) is 0.